The van der Waals surface area contributed by atoms with Crippen LogP contribution in [0.5, 0.6) is 17.2 Å². The molecule has 35 heavy (non-hydrogen) atoms. The van der Waals surface area contributed by atoms with E-state index in [2.05, 4.69) is 9.88 Å². The zero-order valence-electron chi connectivity index (χ0n) is 19.3. The lowest BCUT2D eigenvalue weighted by molar-refractivity contribution is -0.130. The van der Waals surface area contributed by atoms with Gasteiger partial charge in [-0.15, -0.1) is 11.3 Å². The molecule has 2 aliphatic rings. The number of fused-ring (bicyclic) bond motifs is 1. The Labute approximate surface area is 211 Å². The minimum Gasteiger partial charge on any atom is -0.495 e. The lowest BCUT2D eigenvalue weighted by atomic mass is 10.1. The largest absolute Gasteiger partial charge is 0.495 e. The van der Waals surface area contributed by atoms with Crippen molar-refractivity contribution in [1.29, 1.82) is 0 Å². The number of carbonyl (C=O) groups is 2. The molecule has 2 aromatic carbocycles. The van der Waals surface area contributed by atoms with E-state index in [1.165, 1.54) is 23.1 Å². The molecule has 0 saturated carbocycles. The van der Waals surface area contributed by atoms with Crippen molar-refractivity contribution in [3.05, 3.63) is 59.1 Å². The first-order chi connectivity index (χ1) is 17.1. The molecule has 0 bridgehead atoms. The maximum absolute atomic E-state index is 12.9. The van der Waals surface area contributed by atoms with Crippen molar-refractivity contribution < 1.29 is 23.8 Å². The normalized spacial score (nSPS) is 14.8. The van der Waals surface area contributed by atoms with Crippen LogP contribution in [-0.4, -0.2) is 67.4 Å². The summed E-state index contributed by atoms with van der Waals surface area (Å²) in [4.78, 5) is 34.1. The molecule has 0 atom stereocenters. The maximum atomic E-state index is 12.9. The van der Waals surface area contributed by atoms with Gasteiger partial charge in [0.1, 0.15) is 5.75 Å². The fraction of sp³-hybridized carbons (Fsp3) is 0.320. The van der Waals surface area contributed by atoms with Crippen LogP contribution in [0, 0.1) is 0 Å². The Kier molecular flexibility index (Phi) is 7.10. The van der Waals surface area contributed by atoms with Gasteiger partial charge in [-0.1, -0.05) is 23.9 Å². The van der Waals surface area contributed by atoms with Crippen LogP contribution in [0.2, 0.25) is 0 Å². The van der Waals surface area contributed by atoms with E-state index in [-0.39, 0.29) is 30.7 Å². The van der Waals surface area contributed by atoms with E-state index < -0.39 is 0 Å². The first-order valence-electron chi connectivity index (χ1n) is 11.3. The summed E-state index contributed by atoms with van der Waals surface area (Å²) in [5, 5.41) is 1.90. The zero-order chi connectivity index (χ0) is 24.2. The molecule has 0 aliphatic carbocycles. The summed E-state index contributed by atoms with van der Waals surface area (Å²) < 4.78 is 16.9. The number of para-hydroxylation sites is 2. The smallest absolute Gasteiger partial charge is 0.231 e. The number of hydrogen-bond donors (Lipinski definition) is 0. The number of carbonyl (C=O) groups excluding carboxylic acids is 2. The lowest BCUT2D eigenvalue weighted by Crippen LogP contribution is -2.49. The number of hydrogen-bond acceptors (Lipinski definition) is 9. The van der Waals surface area contributed by atoms with Crippen LogP contribution >= 0.6 is 23.1 Å². The molecule has 0 N–H and O–H groups in total. The summed E-state index contributed by atoms with van der Waals surface area (Å²) in [7, 11) is 1.67. The number of methoxy groups -OCH3 is 1. The molecule has 0 spiro atoms. The Morgan fingerprint density at radius 1 is 1.09 bits per heavy atom. The van der Waals surface area contributed by atoms with E-state index in [1.807, 2.05) is 34.5 Å². The Hall–Kier alpha value is -3.24. The molecule has 10 heteroatoms. The third-order valence-electron chi connectivity index (χ3n) is 5.94. The molecular formula is C25H25N3O5S2. The topological polar surface area (TPSA) is 81.2 Å². The average molecular weight is 512 g/mol. The van der Waals surface area contributed by atoms with Gasteiger partial charge >= 0.3 is 0 Å². The number of Topliss-reactive ketones (excluding diaryl/α,β-unsaturated/α-hetero) is 1. The number of nitrogens with zero attached hydrogens (tertiary/aromatic N) is 3. The fourth-order valence-electron chi connectivity index (χ4n) is 4.07. The van der Waals surface area contributed by atoms with Gasteiger partial charge in [-0.25, -0.2) is 4.98 Å². The summed E-state index contributed by atoms with van der Waals surface area (Å²) in [6.45, 7) is 3.01. The van der Waals surface area contributed by atoms with Crippen molar-refractivity contribution >= 4 is 40.5 Å². The van der Waals surface area contributed by atoms with Crippen molar-refractivity contribution in [2.45, 2.75) is 10.8 Å². The predicted molar refractivity (Wildman–Crippen MR) is 135 cm³/mol. The van der Waals surface area contributed by atoms with Gasteiger partial charge in [0.25, 0.3) is 0 Å². The number of piperazine rings is 1. The molecule has 0 unspecified atom stereocenters. The molecule has 1 amide bonds. The molecule has 5 rings (SSSR count). The number of thiazole rings is 1. The van der Waals surface area contributed by atoms with Gasteiger partial charge in [0.05, 0.1) is 30.7 Å². The zero-order valence-corrected chi connectivity index (χ0v) is 20.9. The van der Waals surface area contributed by atoms with E-state index >= 15 is 0 Å². The molecule has 0 radical (unpaired) electrons. The first-order valence-corrected chi connectivity index (χ1v) is 13.1. The van der Waals surface area contributed by atoms with Gasteiger partial charge in [-0.05, 0) is 30.3 Å². The highest BCUT2D eigenvalue weighted by molar-refractivity contribution is 8.01. The number of ether oxygens (including phenoxy) is 3. The van der Waals surface area contributed by atoms with Crippen molar-refractivity contribution in [3.8, 4) is 17.2 Å². The van der Waals surface area contributed by atoms with E-state index in [0.29, 0.717) is 30.2 Å². The molecule has 3 heterocycles. The summed E-state index contributed by atoms with van der Waals surface area (Å²) >= 11 is 2.84. The summed E-state index contributed by atoms with van der Waals surface area (Å²) in [5.74, 6) is 2.43. The number of anilines is 1. The van der Waals surface area contributed by atoms with Gasteiger partial charge in [-0.2, -0.15) is 0 Å². The lowest BCUT2D eigenvalue weighted by Gasteiger charge is -2.36. The molecule has 1 fully saturated rings. The van der Waals surface area contributed by atoms with Crippen molar-refractivity contribution in [3.63, 3.8) is 0 Å². The molecule has 1 aromatic heterocycles. The quantitative estimate of drug-likeness (QED) is 0.334. The SMILES string of the molecule is COc1ccccc1N1CCN(C(=O)Cc2csc(SCC(=O)c3ccc4c(c3)OCO4)n2)CC1. The highest BCUT2D eigenvalue weighted by Gasteiger charge is 2.24. The van der Waals surface area contributed by atoms with Crippen LogP contribution in [0.15, 0.2) is 52.2 Å². The standard InChI is InChI=1S/C25H25N3O5S2/c1-31-21-5-3-2-4-19(21)27-8-10-28(11-9-27)24(30)13-18-14-34-25(26-18)35-15-20(29)17-6-7-22-23(12-17)33-16-32-22/h2-7,12,14H,8-11,13,15-16H2,1H3. The minimum atomic E-state index is -0.00551. The first kappa shape index (κ1) is 23.5. The Morgan fingerprint density at radius 2 is 1.89 bits per heavy atom. The van der Waals surface area contributed by atoms with Crippen molar-refractivity contribution in [1.82, 2.24) is 9.88 Å². The second kappa shape index (κ2) is 10.6. The Balaban J connectivity index is 1.10. The van der Waals surface area contributed by atoms with Crippen LogP contribution in [0.1, 0.15) is 16.1 Å². The number of amides is 1. The van der Waals surface area contributed by atoms with E-state index in [0.717, 1.165) is 34.6 Å². The highest BCUT2D eigenvalue weighted by atomic mass is 32.2. The average Bonchev–Trinajstić information content (AvgIpc) is 3.56. The minimum absolute atomic E-state index is 0.00551. The fourth-order valence-corrected chi connectivity index (χ4v) is 5.81. The Bertz CT molecular complexity index is 1220. The van der Waals surface area contributed by atoms with Crippen LogP contribution in [0.4, 0.5) is 5.69 Å². The number of aromatic nitrogens is 1. The number of ketones is 1. The van der Waals surface area contributed by atoms with Crippen LogP contribution in [0.3, 0.4) is 0 Å². The van der Waals surface area contributed by atoms with Gasteiger partial charge in [0.15, 0.2) is 21.6 Å². The molecule has 8 nitrogen and oxygen atoms in total. The van der Waals surface area contributed by atoms with Crippen molar-refractivity contribution in [2.24, 2.45) is 0 Å². The van der Waals surface area contributed by atoms with Gasteiger partial charge in [0, 0.05) is 37.1 Å². The van der Waals surface area contributed by atoms with Crippen LogP contribution in [-0.2, 0) is 11.2 Å². The number of benzene rings is 2. The van der Waals surface area contributed by atoms with Crippen molar-refractivity contribution in [2.75, 3.05) is 50.7 Å². The summed E-state index contributed by atoms with van der Waals surface area (Å²) in [6, 6.07) is 13.2. The Morgan fingerprint density at radius 3 is 2.71 bits per heavy atom. The van der Waals surface area contributed by atoms with Gasteiger partial charge < -0.3 is 24.0 Å². The van der Waals surface area contributed by atoms with Gasteiger partial charge in [0.2, 0.25) is 12.7 Å². The van der Waals surface area contributed by atoms with Crippen LogP contribution in [0.25, 0.3) is 0 Å². The third-order valence-corrected chi connectivity index (χ3v) is 8.01. The second-order valence-electron chi connectivity index (χ2n) is 8.10. The van der Waals surface area contributed by atoms with E-state index in [9.17, 15) is 9.59 Å². The molecule has 182 valence electrons. The second-order valence-corrected chi connectivity index (χ2v) is 10.2. The highest BCUT2D eigenvalue weighted by Crippen LogP contribution is 2.33. The maximum Gasteiger partial charge on any atom is 0.231 e. The molecular weight excluding hydrogens is 486 g/mol. The number of thioether (sulfide) groups is 1. The van der Waals surface area contributed by atoms with Crippen LogP contribution < -0.4 is 19.1 Å². The van der Waals surface area contributed by atoms with E-state index in [4.69, 9.17) is 14.2 Å². The molecule has 1 saturated heterocycles. The monoisotopic (exact) mass is 511 g/mol. The van der Waals surface area contributed by atoms with E-state index in [1.54, 1.807) is 25.3 Å². The molecule has 2 aliphatic heterocycles. The number of rotatable bonds is 8. The summed E-state index contributed by atoms with van der Waals surface area (Å²) in [6.07, 6.45) is 0.266. The van der Waals surface area contributed by atoms with Gasteiger partial charge in [-0.3, -0.25) is 9.59 Å². The third kappa shape index (κ3) is 5.38. The molecule has 3 aromatic rings. The summed E-state index contributed by atoms with van der Waals surface area (Å²) in [5.41, 5.74) is 2.38. The predicted octanol–water partition coefficient (Wildman–Crippen LogP) is 3.75.